The first-order valence-corrected chi connectivity index (χ1v) is 7.89. The highest BCUT2D eigenvalue weighted by Crippen LogP contribution is 2.32. The lowest BCUT2D eigenvalue weighted by molar-refractivity contribution is 0.600. The predicted molar refractivity (Wildman–Crippen MR) is 79.6 cm³/mol. The third kappa shape index (κ3) is 2.84. The lowest BCUT2D eigenvalue weighted by atomic mass is 10.3. The van der Waals surface area contributed by atoms with Crippen LogP contribution in [0.25, 0.3) is 0 Å². The van der Waals surface area contributed by atoms with Crippen molar-refractivity contribution in [2.75, 3.05) is 10.5 Å². The number of sulfonamides is 1. The molecule has 2 aromatic rings. The summed E-state index contributed by atoms with van der Waals surface area (Å²) in [7, 11) is -3.91. The largest absolute Gasteiger partial charge is 0.381 e. The van der Waals surface area contributed by atoms with Crippen LogP contribution in [0.4, 0.5) is 11.5 Å². The van der Waals surface area contributed by atoms with Gasteiger partial charge in [-0.3, -0.25) is 9.40 Å². The molecule has 9 heteroatoms. The maximum atomic E-state index is 12.3. The van der Waals surface area contributed by atoms with Crippen molar-refractivity contribution in [3.8, 4) is 0 Å². The summed E-state index contributed by atoms with van der Waals surface area (Å²) in [5.74, 6) is -0.0810. The van der Waals surface area contributed by atoms with Crippen LogP contribution in [0.15, 0.2) is 29.3 Å². The smallest absolute Gasteiger partial charge is 0.267 e. The van der Waals surface area contributed by atoms with Crippen LogP contribution in [0.1, 0.15) is 6.92 Å². The van der Waals surface area contributed by atoms with Gasteiger partial charge in [0.15, 0.2) is 5.82 Å². The minimum atomic E-state index is -3.91. The average Bonchev–Trinajstić information content (AvgIpc) is 2.76. The molecule has 20 heavy (non-hydrogen) atoms. The van der Waals surface area contributed by atoms with Crippen molar-refractivity contribution in [2.24, 2.45) is 0 Å². The number of nitrogen functional groups attached to an aromatic ring is 1. The molecule has 0 radical (unpaired) electrons. The highest BCUT2D eigenvalue weighted by molar-refractivity contribution is 7.92. The molecule has 0 aliphatic carbocycles. The van der Waals surface area contributed by atoms with Crippen molar-refractivity contribution in [1.29, 1.82) is 0 Å². The quantitative estimate of drug-likeness (QED) is 0.899. The molecule has 108 valence electrons. The van der Waals surface area contributed by atoms with E-state index in [9.17, 15) is 8.42 Å². The van der Waals surface area contributed by atoms with E-state index in [2.05, 4.69) is 9.82 Å². The van der Waals surface area contributed by atoms with Gasteiger partial charge in [0, 0.05) is 12.7 Å². The maximum Gasteiger partial charge on any atom is 0.267 e. The van der Waals surface area contributed by atoms with Gasteiger partial charge in [-0.05, 0) is 19.1 Å². The van der Waals surface area contributed by atoms with Crippen LogP contribution < -0.4 is 10.5 Å². The summed E-state index contributed by atoms with van der Waals surface area (Å²) in [5.41, 5.74) is 5.73. The molecule has 1 aromatic carbocycles. The van der Waals surface area contributed by atoms with Gasteiger partial charge in [0.1, 0.15) is 4.90 Å². The number of aromatic nitrogens is 2. The van der Waals surface area contributed by atoms with Crippen molar-refractivity contribution in [1.82, 2.24) is 9.78 Å². The Hall–Kier alpha value is -1.44. The normalized spacial score (nSPS) is 11.6. The van der Waals surface area contributed by atoms with Gasteiger partial charge < -0.3 is 5.73 Å². The Kier molecular flexibility index (Phi) is 4.12. The molecule has 2 rings (SSSR count). The van der Waals surface area contributed by atoms with E-state index in [1.807, 2.05) is 6.92 Å². The number of anilines is 2. The van der Waals surface area contributed by atoms with Crippen LogP contribution in [-0.4, -0.2) is 18.2 Å². The van der Waals surface area contributed by atoms with Crippen LogP contribution in [-0.2, 0) is 16.6 Å². The molecule has 0 fully saturated rings. The van der Waals surface area contributed by atoms with Crippen molar-refractivity contribution in [2.45, 2.75) is 18.4 Å². The zero-order valence-electron chi connectivity index (χ0n) is 10.5. The van der Waals surface area contributed by atoms with Crippen molar-refractivity contribution < 1.29 is 8.42 Å². The molecular formula is C11H12Cl2N4O2S. The van der Waals surface area contributed by atoms with Gasteiger partial charge in [0.2, 0.25) is 0 Å². The molecule has 0 spiro atoms. The molecule has 1 heterocycles. The van der Waals surface area contributed by atoms with E-state index in [0.29, 0.717) is 6.54 Å². The fourth-order valence-electron chi connectivity index (χ4n) is 1.57. The van der Waals surface area contributed by atoms with E-state index < -0.39 is 10.0 Å². The summed E-state index contributed by atoms with van der Waals surface area (Å²) in [6.45, 7) is 2.33. The number of rotatable bonds is 4. The van der Waals surface area contributed by atoms with Crippen molar-refractivity contribution in [3.63, 3.8) is 0 Å². The molecule has 3 N–H and O–H groups in total. The number of aryl methyl sites for hydroxylation is 1. The lowest BCUT2D eigenvalue weighted by Crippen LogP contribution is -2.14. The summed E-state index contributed by atoms with van der Waals surface area (Å²) in [6.07, 6.45) is 1.35. The molecule has 0 unspecified atom stereocenters. The molecule has 6 nitrogen and oxygen atoms in total. The molecular weight excluding hydrogens is 323 g/mol. The Balaban J connectivity index is 2.43. The number of hydrogen-bond donors (Lipinski definition) is 2. The van der Waals surface area contributed by atoms with Crippen LogP contribution in [0.2, 0.25) is 10.0 Å². The topological polar surface area (TPSA) is 90.0 Å². The van der Waals surface area contributed by atoms with Gasteiger partial charge in [-0.15, -0.1) is 0 Å². The Morgan fingerprint density at radius 2 is 1.95 bits per heavy atom. The summed E-state index contributed by atoms with van der Waals surface area (Å²) in [4.78, 5) is -0.115. The Labute approximate surface area is 126 Å². The standard InChI is InChI=1S/C11H12Cl2N4O2S/c1-2-17-6-9(11(14)15-17)20(18,19)16-10-7(12)4-3-5-8(10)13/h3-6,16H,2H2,1H3,(H2,14,15). The highest BCUT2D eigenvalue weighted by atomic mass is 35.5. The number of benzene rings is 1. The second-order valence-electron chi connectivity index (χ2n) is 3.94. The molecule has 0 aliphatic rings. The van der Waals surface area contributed by atoms with Gasteiger partial charge in [0.05, 0.1) is 15.7 Å². The van der Waals surface area contributed by atoms with Gasteiger partial charge >= 0.3 is 0 Å². The number of nitrogens with one attached hydrogen (secondary N) is 1. The SMILES string of the molecule is CCn1cc(S(=O)(=O)Nc2c(Cl)cccc2Cl)c(N)n1. The van der Waals surface area contributed by atoms with Crippen LogP contribution in [0.5, 0.6) is 0 Å². The van der Waals surface area contributed by atoms with E-state index in [1.165, 1.54) is 23.0 Å². The number of nitrogens with two attached hydrogens (primary N) is 1. The molecule has 1 aromatic heterocycles. The average molecular weight is 335 g/mol. The van der Waals surface area contributed by atoms with Crippen molar-refractivity contribution in [3.05, 3.63) is 34.4 Å². The van der Waals surface area contributed by atoms with E-state index >= 15 is 0 Å². The van der Waals surface area contributed by atoms with Gasteiger partial charge in [-0.2, -0.15) is 5.10 Å². The fraction of sp³-hybridized carbons (Fsp3) is 0.182. The van der Waals surface area contributed by atoms with E-state index in [1.54, 1.807) is 6.07 Å². The molecule has 0 saturated heterocycles. The molecule has 0 saturated carbocycles. The maximum absolute atomic E-state index is 12.3. The third-order valence-electron chi connectivity index (χ3n) is 2.57. The van der Waals surface area contributed by atoms with E-state index in [-0.39, 0.29) is 26.4 Å². The second kappa shape index (κ2) is 5.51. The van der Waals surface area contributed by atoms with Crippen LogP contribution >= 0.6 is 23.2 Å². The first-order valence-electron chi connectivity index (χ1n) is 5.65. The fourth-order valence-corrected chi connectivity index (χ4v) is 3.35. The molecule has 0 aliphatic heterocycles. The lowest BCUT2D eigenvalue weighted by Gasteiger charge is -2.10. The Morgan fingerprint density at radius 1 is 1.35 bits per heavy atom. The number of nitrogens with zero attached hydrogens (tertiary/aromatic N) is 2. The van der Waals surface area contributed by atoms with Crippen LogP contribution in [0.3, 0.4) is 0 Å². The Bertz CT molecular complexity index is 723. The summed E-state index contributed by atoms with van der Waals surface area (Å²) >= 11 is 11.9. The van der Waals surface area contributed by atoms with E-state index in [4.69, 9.17) is 28.9 Å². The van der Waals surface area contributed by atoms with E-state index in [0.717, 1.165) is 0 Å². The van der Waals surface area contributed by atoms with Crippen molar-refractivity contribution >= 4 is 44.7 Å². The minimum Gasteiger partial charge on any atom is -0.381 e. The van der Waals surface area contributed by atoms with Gasteiger partial charge in [-0.25, -0.2) is 8.42 Å². The Morgan fingerprint density at radius 3 is 2.45 bits per heavy atom. The first kappa shape index (κ1) is 15.0. The zero-order chi connectivity index (χ0) is 14.9. The summed E-state index contributed by atoms with van der Waals surface area (Å²) in [5, 5.41) is 4.28. The molecule has 0 amide bonds. The third-order valence-corrected chi connectivity index (χ3v) is 4.56. The molecule has 0 bridgehead atoms. The van der Waals surface area contributed by atoms with Gasteiger partial charge in [-0.1, -0.05) is 29.3 Å². The molecule has 0 atom stereocenters. The number of hydrogen-bond acceptors (Lipinski definition) is 4. The predicted octanol–water partition coefficient (Wildman–Crippen LogP) is 2.59. The summed E-state index contributed by atoms with van der Waals surface area (Å²) < 4.78 is 28.3. The zero-order valence-corrected chi connectivity index (χ0v) is 12.8. The van der Waals surface area contributed by atoms with Gasteiger partial charge in [0.25, 0.3) is 10.0 Å². The first-order chi connectivity index (χ1) is 9.35. The van der Waals surface area contributed by atoms with Crippen LogP contribution in [0, 0.1) is 0 Å². The number of para-hydroxylation sites is 1. The minimum absolute atomic E-state index is 0.0810. The number of halogens is 2. The monoisotopic (exact) mass is 334 g/mol. The highest BCUT2D eigenvalue weighted by Gasteiger charge is 2.23. The second-order valence-corrected chi connectivity index (χ2v) is 6.40. The summed E-state index contributed by atoms with van der Waals surface area (Å²) in [6, 6.07) is 4.68.